The lowest BCUT2D eigenvalue weighted by molar-refractivity contribution is -0.121. The number of hydrogen-bond donors (Lipinski definition) is 2. The molecule has 0 aliphatic heterocycles. The Labute approximate surface area is 102 Å². The summed E-state index contributed by atoms with van der Waals surface area (Å²) in [6.07, 6.45) is 2.09. The zero-order chi connectivity index (χ0) is 12.8. The minimum atomic E-state index is 0.00706. The zero-order valence-electron chi connectivity index (χ0n) is 10.9. The Kier molecular flexibility index (Phi) is 5.15. The number of nitrogens with zero attached hydrogens (tertiary/aromatic N) is 2. The number of hydrogen-bond acceptors (Lipinski definition) is 3. The smallest absolute Gasteiger partial charge is 0.241 e. The van der Waals surface area contributed by atoms with Crippen molar-refractivity contribution >= 4 is 5.91 Å². The van der Waals surface area contributed by atoms with E-state index < -0.39 is 0 Å². The van der Waals surface area contributed by atoms with Gasteiger partial charge in [0.15, 0.2) is 0 Å². The van der Waals surface area contributed by atoms with E-state index in [2.05, 4.69) is 17.3 Å². The van der Waals surface area contributed by atoms with E-state index in [1.807, 2.05) is 13.8 Å². The third-order valence-electron chi connectivity index (χ3n) is 2.88. The van der Waals surface area contributed by atoms with Gasteiger partial charge in [0.2, 0.25) is 5.91 Å². The minimum Gasteiger partial charge on any atom is -0.354 e. The highest BCUT2D eigenvalue weighted by atomic mass is 16.2. The van der Waals surface area contributed by atoms with E-state index in [4.69, 9.17) is 5.73 Å². The van der Waals surface area contributed by atoms with Crippen molar-refractivity contribution in [2.75, 3.05) is 6.54 Å². The molecule has 1 aromatic rings. The van der Waals surface area contributed by atoms with Crippen LogP contribution in [-0.4, -0.2) is 22.2 Å². The van der Waals surface area contributed by atoms with Crippen LogP contribution in [0.25, 0.3) is 0 Å². The molecule has 0 bridgehead atoms. The molecule has 1 heterocycles. The summed E-state index contributed by atoms with van der Waals surface area (Å²) in [5.41, 5.74) is 8.56. The molecule has 3 N–H and O–H groups in total. The van der Waals surface area contributed by atoms with Crippen LogP contribution in [0.1, 0.15) is 36.7 Å². The van der Waals surface area contributed by atoms with Gasteiger partial charge in [-0.3, -0.25) is 9.48 Å². The molecule has 0 saturated heterocycles. The van der Waals surface area contributed by atoms with Crippen molar-refractivity contribution in [3.05, 3.63) is 17.0 Å². The molecular formula is C12H22N4O. The number of aryl methyl sites for hydroxylation is 1. The van der Waals surface area contributed by atoms with E-state index >= 15 is 0 Å². The first-order valence-electron chi connectivity index (χ1n) is 6.09. The largest absolute Gasteiger partial charge is 0.354 e. The zero-order valence-corrected chi connectivity index (χ0v) is 10.9. The summed E-state index contributed by atoms with van der Waals surface area (Å²) in [7, 11) is 0. The Hall–Kier alpha value is -1.36. The van der Waals surface area contributed by atoms with Crippen LogP contribution < -0.4 is 11.1 Å². The van der Waals surface area contributed by atoms with E-state index in [-0.39, 0.29) is 12.5 Å². The van der Waals surface area contributed by atoms with Crippen LogP contribution in [0, 0.1) is 13.8 Å². The number of carbonyl (C=O) groups is 1. The van der Waals surface area contributed by atoms with Gasteiger partial charge >= 0.3 is 0 Å². The van der Waals surface area contributed by atoms with Crippen LogP contribution >= 0.6 is 0 Å². The van der Waals surface area contributed by atoms with Gasteiger partial charge in [0, 0.05) is 24.3 Å². The second kappa shape index (κ2) is 6.39. The summed E-state index contributed by atoms with van der Waals surface area (Å²) in [6, 6.07) is 0. The van der Waals surface area contributed by atoms with E-state index in [9.17, 15) is 4.79 Å². The molecule has 0 aliphatic rings. The molecule has 0 aliphatic carbocycles. The van der Waals surface area contributed by atoms with Crippen molar-refractivity contribution in [2.24, 2.45) is 5.73 Å². The third-order valence-corrected chi connectivity index (χ3v) is 2.88. The number of aromatic nitrogens is 2. The molecule has 0 saturated carbocycles. The highest BCUT2D eigenvalue weighted by Crippen LogP contribution is 2.11. The Morgan fingerprint density at radius 3 is 2.71 bits per heavy atom. The number of nitrogens with two attached hydrogens (primary N) is 1. The monoisotopic (exact) mass is 238 g/mol. The molecule has 0 aromatic carbocycles. The number of unbranched alkanes of at least 4 members (excludes halogenated alkanes) is 1. The molecule has 1 rings (SSSR count). The van der Waals surface area contributed by atoms with Crippen molar-refractivity contribution < 1.29 is 4.79 Å². The van der Waals surface area contributed by atoms with Crippen molar-refractivity contribution in [3.8, 4) is 0 Å². The van der Waals surface area contributed by atoms with E-state index in [1.54, 1.807) is 4.68 Å². The quantitative estimate of drug-likeness (QED) is 0.722. The van der Waals surface area contributed by atoms with Gasteiger partial charge < -0.3 is 11.1 Å². The fraction of sp³-hybridized carbons (Fsp3) is 0.667. The summed E-state index contributed by atoms with van der Waals surface area (Å²) in [4.78, 5) is 11.6. The topological polar surface area (TPSA) is 72.9 Å². The van der Waals surface area contributed by atoms with Gasteiger partial charge in [-0.1, -0.05) is 13.3 Å². The Morgan fingerprint density at radius 1 is 1.47 bits per heavy atom. The number of amides is 1. The molecule has 0 radical (unpaired) electrons. The maximum atomic E-state index is 11.6. The molecule has 0 spiro atoms. The average molecular weight is 238 g/mol. The van der Waals surface area contributed by atoms with Gasteiger partial charge in [-0.25, -0.2) is 0 Å². The fourth-order valence-electron chi connectivity index (χ4n) is 1.78. The predicted molar refractivity (Wildman–Crippen MR) is 67.5 cm³/mol. The summed E-state index contributed by atoms with van der Waals surface area (Å²) < 4.78 is 1.72. The number of carbonyl (C=O) groups excluding carboxylic acids is 1. The van der Waals surface area contributed by atoms with Crippen LogP contribution in [0.4, 0.5) is 0 Å². The maximum absolute atomic E-state index is 11.6. The summed E-state index contributed by atoms with van der Waals surface area (Å²) in [6.45, 7) is 7.44. The fourth-order valence-corrected chi connectivity index (χ4v) is 1.78. The number of rotatable bonds is 6. The van der Waals surface area contributed by atoms with Crippen molar-refractivity contribution in [1.29, 1.82) is 0 Å². The first kappa shape index (κ1) is 13.7. The van der Waals surface area contributed by atoms with Gasteiger partial charge in [-0.2, -0.15) is 5.10 Å². The minimum absolute atomic E-state index is 0.00706. The molecule has 0 unspecified atom stereocenters. The summed E-state index contributed by atoms with van der Waals surface area (Å²) >= 11 is 0. The predicted octanol–water partition coefficient (Wildman–Crippen LogP) is 0.875. The molecular weight excluding hydrogens is 216 g/mol. The van der Waals surface area contributed by atoms with Crippen LogP contribution in [0.2, 0.25) is 0 Å². The van der Waals surface area contributed by atoms with Gasteiger partial charge in [0.05, 0.1) is 5.69 Å². The van der Waals surface area contributed by atoms with E-state index in [0.29, 0.717) is 6.54 Å². The molecule has 96 valence electrons. The molecule has 1 aromatic heterocycles. The lowest BCUT2D eigenvalue weighted by Gasteiger charge is -2.06. The first-order valence-corrected chi connectivity index (χ1v) is 6.09. The normalized spacial score (nSPS) is 10.6. The Bertz CT molecular complexity index is 384. The third kappa shape index (κ3) is 3.56. The molecule has 0 atom stereocenters. The first-order chi connectivity index (χ1) is 8.10. The average Bonchev–Trinajstić information content (AvgIpc) is 2.54. The van der Waals surface area contributed by atoms with Gasteiger partial charge in [-0.05, 0) is 20.3 Å². The lowest BCUT2D eigenvalue weighted by Crippen LogP contribution is -2.29. The maximum Gasteiger partial charge on any atom is 0.241 e. The SMILES string of the molecule is CCCCNC(=O)Cn1nc(C)c(CN)c1C. The van der Waals surface area contributed by atoms with Gasteiger partial charge in [-0.15, -0.1) is 0 Å². The highest BCUT2D eigenvalue weighted by Gasteiger charge is 2.12. The number of nitrogens with one attached hydrogen (secondary N) is 1. The molecule has 17 heavy (non-hydrogen) atoms. The van der Waals surface area contributed by atoms with E-state index in [1.165, 1.54) is 0 Å². The van der Waals surface area contributed by atoms with Gasteiger partial charge in [0.25, 0.3) is 0 Å². The second-order valence-corrected chi connectivity index (χ2v) is 4.21. The summed E-state index contributed by atoms with van der Waals surface area (Å²) in [5, 5.41) is 7.20. The van der Waals surface area contributed by atoms with Crippen LogP contribution in [0.5, 0.6) is 0 Å². The van der Waals surface area contributed by atoms with Crippen LogP contribution in [0.15, 0.2) is 0 Å². The van der Waals surface area contributed by atoms with E-state index in [0.717, 1.165) is 36.3 Å². The Balaban J connectivity index is 2.59. The molecule has 0 fully saturated rings. The Morgan fingerprint density at radius 2 is 2.18 bits per heavy atom. The van der Waals surface area contributed by atoms with Gasteiger partial charge in [0.1, 0.15) is 6.54 Å². The molecule has 5 nitrogen and oxygen atoms in total. The van der Waals surface area contributed by atoms with Crippen molar-refractivity contribution in [1.82, 2.24) is 15.1 Å². The highest BCUT2D eigenvalue weighted by molar-refractivity contribution is 5.75. The molecule has 1 amide bonds. The van der Waals surface area contributed by atoms with Crippen LogP contribution in [-0.2, 0) is 17.9 Å². The lowest BCUT2D eigenvalue weighted by atomic mass is 10.2. The van der Waals surface area contributed by atoms with Crippen molar-refractivity contribution in [2.45, 2.75) is 46.7 Å². The molecule has 5 heteroatoms. The standard InChI is InChI=1S/C12H22N4O/c1-4-5-6-14-12(17)8-16-10(3)11(7-13)9(2)15-16/h4-8,13H2,1-3H3,(H,14,17). The van der Waals surface area contributed by atoms with Crippen molar-refractivity contribution in [3.63, 3.8) is 0 Å². The second-order valence-electron chi connectivity index (χ2n) is 4.21. The van der Waals surface area contributed by atoms with Crippen LogP contribution in [0.3, 0.4) is 0 Å². The summed E-state index contributed by atoms with van der Waals surface area (Å²) in [5.74, 6) is 0.00706.